The van der Waals surface area contributed by atoms with Crippen LogP contribution in [-0.4, -0.2) is 46.1 Å². The summed E-state index contributed by atoms with van der Waals surface area (Å²) in [4.78, 5) is 15.6. The van der Waals surface area contributed by atoms with Gasteiger partial charge in [-0.1, -0.05) is 23.7 Å². The zero-order valence-corrected chi connectivity index (χ0v) is 21.0. The van der Waals surface area contributed by atoms with Crippen molar-refractivity contribution in [2.24, 2.45) is 0 Å². The molecule has 2 aromatic carbocycles. The summed E-state index contributed by atoms with van der Waals surface area (Å²) in [6, 6.07) is 17.6. The number of ether oxygens (including phenoxy) is 1. The maximum absolute atomic E-state index is 6.57. The number of nitrogens with zero attached hydrogens (tertiary/aromatic N) is 4. The van der Waals surface area contributed by atoms with Crippen molar-refractivity contribution < 1.29 is 4.74 Å². The highest BCUT2D eigenvalue weighted by molar-refractivity contribution is 6.33. The Labute approximate surface area is 216 Å². The minimum atomic E-state index is 0. The number of fused-ring (bicyclic) bond motifs is 1. The Morgan fingerprint density at radius 2 is 1.89 bits per heavy atom. The first-order chi connectivity index (χ1) is 16.7. The smallest absolute Gasteiger partial charge is 0.145 e. The lowest BCUT2D eigenvalue weighted by Crippen LogP contribution is -2.35. The number of pyridine rings is 1. The van der Waals surface area contributed by atoms with E-state index in [1.54, 1.807) is 12.5 Å². The van der Waals surface area contributed by atoms with Gasteiger partial charge in [-0.15, -0.1) is 12.4 Å². The fourth-order valence-electron chi connectivity index (χ4n) is 4.12. The normalized spacial score (nSPS) is 14.3. The maximum Gasteiger partial charge on any atom is 0.145 e. The molecule has 2 N–H and O–H groups in total. The van der Waals surface area contributed by atoms with E-state index in [0.29, 0.717) is 17.4 Å². The molecule has 0 atom stereocenters. The molecule has 9 heteroatoms. The molecule has 0 saturated carbocycles. The highest BCUT2D eigenvalue weighted by Gasteiger charge is 2.20. The first-order valence-electron chi connectivity index (χ1n) is 11.4. The fraction of sp³-hybridized carbons (Fsp3) is 0.269. The van der Waals surface area contributed by atoms with Crippen LogP contribution in [-0.2, 0) is 6.54 Å². The van der Waals surface area contributed by atoms with Gasteiger partial charge in [-0.25, -0.2) is 9.97 Å². The lowest BCUT2D eigenvalue weighted by atomic mass is 10.1. The lowest BCUT2D eigenvalue weighted by molar-refractivity contribution is 0.116. The van der Waals surface area contributed by atoms with Crippen molar-refractivity contribution in [2.75, 3.05) is 30.8 Å². The second-order valence-corrected chi connectivity index (χ2v) is 8.89. The number of rotatable bonds is 7. The Balaban J connectivity index is 0.00000289. The molecule has 0 unspecified atom stereocenters. The average molecular weight is 511 g/mol. The van der Waals surface area contributed by atoms with E-state index < -0.39 is 0 Å². The number of aromatic nitrogens is 3. The van der Waals surface area contributed by atoms with Crippen molar-refractivity contribution >= 4 is 52.1 Å². The molecule has 1 saturated heterocycles. The van der Waals surface area contributed by atoms with Crippen LogP contribution < -0.4 is 15.4 Å². The average Bonchev–Trinajstić information content (AvgIpc) is 2.86. The molecule has 0 amide bonds. The number of likely N-dealkylation sites (tertiary alicyclic amines) is 1. The summed E-state index contributed by atoms with van der Waals surface area (Å²) in [6.45, 7) is 2.67. The molecule has 35 heavy (non-hydrogen) atoms. The van der Waals surface area contributed by atoms with E-state index in [2.05, 4.69) is 37.5 Å². The van der Waals surface area contributed by atoms with Crippen LogP contribution in [0.4, 0.5) is 17.2 Å². The Bertz CT molecular complexity index is 1260. The topological polar surface area (TPSA) is 75.2 Å². The fourth-order valence-corrected chi connectivity index (χ4v) is 4.36. The Hall–Kier alpha value is -3.13. The third kappa shape index (κ3) is 6.11. The molecule has 5 rings (SSSR count). The second kappa shape index (κ2) is 11.5. The van der Waals surface area contributed by atoms with Crippen LogP contribution in [0, 0.1) is 0 Å². The molecule has 1 aliphatic rings. The predicted octanol–water partition coefficient (Wildman–Crippen LogP) is 5.93. The van der Waals surface area contributed by atoms with Gasteiger partial charge in [0.15, 0.2) is 0 Å². The molecule has 0 radical (unpaired) electrons. The monoisotopic (exact) mass is 510 g/mol. The minimum Gasteiger partial charge on any atom is -0.489 e. The molecule has 0 spiro atoms. The van der Waals surface area contributed by atoms with Gasteiger partial charge in [0.05, 0.1) is 33.9 Å². The first-order valence-corrected chi connectivity index (χ1v) is 11.8. The largest absolute Gasteiger partial charge is 0.489 e. The van der Waals surface area contributed by atoms with Crippen molar-refractivity contribution in [3.63, 3.8) is 0 Å². The molecule has 0 bridgehead atoms. The molecule has 3 heterocycles. The number of benzene rings is 2. The highest BCUT2D eigenvalue weighted by atomic mass is 35.5. The summed E-state index contributed by atoms with van der Waals surface area (Å²) in [6.07, 6.45) is 5.54. The zero-order chi connectivity index (χ0) is 23.3. The number of piperidine rings is 1. The molecule has 7 nitrogen and oxygen atoms in total. The number of anilines is 3. The molecule has 0 aliphatic carbocycles. The SMILES string of the molecule is CN1CCC(Oc2cccc3ncnc(Nc4ccc(NCc5ccccn5)c(Cl)c4)c23)CC1.Cl. The van der Waals surface area contributed by atoms with Crippen LogP contribution in [0.15, 0.2) is 67.1 Å². The number of hydrogen-bond donors (Lipinski definition) is 2. The molecule has 182 valence electrons. The van der Waals surface area contributed by atoms with Gasteiger partial charge in [-0.05, 0) is 62.4 Å². The summed E-state index contributed by atoms with van der Waals surface area (Å²) in [5.74, 6) is 1.49. The zero-order valence-electron chi connectivity index (χ0n) is 19.4. The Morgan fingerprint density at radius 1 is 1.03 bits per heavy atom. The van der Waals surface area contributed by atoms with Gasteiger partial charge >= 0.3 is 0 Å². The quantitative estimate of drug-likeness (QED) is 0.319. The van der Waals surface area contributed by atoms with Crippen molar-refractivity contribution in [3.05, 3.63) is 77.8 Å². The molecular formula is C26H28Cl2N6O. The van der Waals surface area contributed by atoms with Gasteiger partial charge in [-0.3, -0.25) is 4.98 Å². The van der Waals surface area contributed by atoms with E-state index in [1.807, 2.05) is 54.6 Å². The molecule has 2 aromatic heterocycles. The lowest BCUT2D eigenvalue weighted by Gasteiger charge is -2.29. The van der Waals surface area contributed by atoms with Crippen LogP contribution in [0.25, 0.3) is 10.9 Å². The molecular weight excluding hydrogens is 483 g/mol. The van der Waals surface area contributed by atoms with E-state index in [-0.39, 0.29) is 18.5 Å². The summed E-state index contributed by atoms with van der Waals surface area (Å²) in [5.41, 5.74) is 3.47. The summed E-state index contributed by atoms with van der Waals surface area (Å²) >= 11 is 6.57. The second-order valence-electron chi connectivity index (χ2n) is 8.49. The van der Waals surface area contributed by atoms with E-state index >= 15 is 0 Å². The van der Waals surface area contributed by atoms with Gasteiger partial charge in [0.25, 0.3) is 0 Å². The number of hydrogen-bond acceptors (Lipinski definition) is 7. The molecule has 1 aliphatic heterocycles. The predicted molar refractivity (Wildman–Crippen MR) is 144 cm³/mol. The summed E-state index contributed by atoms with van der Waals surface area (Å²) in [7, 11) is 2.15. The van der Waals surface area contributed by atoms with E-state index in [0.717, 1.165) is 59.7 Å². The third-order valence-corrected chi connectivity index (χ3v) is 6.31. The van der Waals surface area contributed by atoms with Crippen LogP contribution >= 0.6 is 24.0 Å². The van der Waals surface area contributed by atoms with Gasteiger partial charge in [0.2, 0.25) is 0 Å². The standard InChI is InChI=1S/C26H27ClN6O.ClH/c1-33-13-10-20(11-14-33)34-24-7-4-6-23-25(24)26(31-17-30-23)32-18-8-9-22(21(27)15-18)29-16-19-5-2-3-12-28-19;/h2-9,12,15,17,20,29H,10-11,13-14,16H2,1H3,(H,30,31,32);1H. The van der Waals surface area contributed by atoms with E-state index in [9.17, 15) is 0 Å². The van der Waals surface area contributed by atoms with Gasteiger partial charge in [0, 0.05) is 25.0 Å². The van der Waals surface area contributed by atoms with Crippen molar-refractivity contribution in [1.29, 1.82) is 0 Å². The summed E-state index contributed by atoms with van der Waals surface area (Å²) in [5, 5.41) is 8.23. The van der Waals surface area contributed by atoms with Crippen LogP contribution in [0.3, 0.4) is 0 Å². The Kier molecular flexibility index (Phi) is 8.23. The summed E-state index contributed by atoms with van der Waals surface area (Å²) < 4.78 is 6.42. The van der Waals surface area contributed by atoms with Crippen molar-refractivity contribution in [2.45, 2.75) is 25.5 Å². The van der Waals surface area contributed by atoms with Crippen molar-refractivity contribution in [1.82, 2.24) is 19.9 Å². The minimum absolute atomic E-state index is 0. The van der Waals surface area contributed by atoms with Crippen LogP contribution in [0.2, 0.25) is 5.02 Å². The van der Waals surface area contributed by atoms with E-state index in [1.165, 1.54) is 0 Å². The highest BCUT2D eigenvalue weighted by Crippen LogP contribution is 2.34. The van der Waals surface area contributed by atoms with E-state index in [4.69, 9.17) is 16.3 Å². The number of halogens is 2. The van der Waals surface area contributed by atoms with Crippen molar-refractivity contribution in [3.8, 4) is 5.75 Å². The maximum atomic E-state index is 6.57. The number of nitrogens with one attached hydrogen (secondary N) is 2. The van der Waals surface area contributed by atoms with Crippen LogP contribution in [0.5, 0.6) is 5.75 Å². The molecule has 1 fully saturated rings. The third-order valence-electron chi connectivity index (χ3n) is 6.00. The van der Waals surface area contributed by atoms with Gasteiger partial charge < -0.3 is 20.3 Å². The van der Waals surface area contributed by atoms with Gasteiger partial charge in [0.1, 0.15) is 24.0 Å². The Morgan fingerprint density at radius 3 is 2.66 bits per heavy atom. The van der Waals surface area contributed by atoms with Gasteiger partial charge in [-0.2, -0.15) is 0 Å². The molecule has 4 aromatic rings. The van der Waals surface area contributed by atoms with Crippen LogP contribution in [0.1, 0.15) is 18.5 Å². The first kappa shape index (κ1) is 25.0.